The molecule has 40 heavy (non-hydrogen) atoms. The van der Waals surface area contributed by atoms with Gasteiger partial charge in [0.15, 0.2) is 0 Å². The monoisotopic (exact) mass is 552 g/mol. The molecule has 9 nitrogen and oxygen atoms in total. The first-order valence-electron chi connectivity index (χ1n) is 13.9. The molecule has 2 aromatic rings. The van der Waals surface area contributed by atoms with E-state index in [0.29, 0.717) is 6.04 Å². The van der Waals surface area contributed by atoms with Crippen LogP contribution >= 0.6 is 0 Å². The molecule has 1 saturated carbocycles. The molecular weight excluding hydrogens is 508 g/mol. The van der Waals surface area contributed by atoms with E-state index in [1.54, 1.807) is 6.92 Å². The van der Waals surface area contributed by atoms with Gasteiger partial charge in [0.05, 0.1) is 0 Å². The van der Waals surface area contributed by atoms with Gasteiger partial charge >= 0.3 is 12.2 Å². The van der Waals surface area contributed by atoms with Crippen molar-refractivity contribution in [3.8, 4) is 0 Å². The van der Waals surface area contributed by atoms with E-state index >= 15 is 0 Å². The molecule has 1 aliphatic rings. The molecule has 0 heterocycles. The number of nitrogens with one attached hydrogen (secondary N) is 4. The van der Waals surface area contributed by atoms with E-state index in [2.05, 4.69) is 54.2 Å². The molecule has 0 bridgehead atoms. The van der Waals surface area contributed by atoms with Crippen LogP contribution in [0, 0.1) is 0 Å². The summed E-state index contributed by atoms with van der Waals surface area (Å²) in [6, 6.07) is 20.4. The first kappa shape index (κ1) is 32.7. The molecule has 0 unspecified atom stereocenters. The second kappa shape index (κ2) is 17.2. The van der Waals surface area contributed by atoms with Crippen LogP contribution in [-0.4, -0.2) is 54.4 Å². The van der Waals surface area contributed by atoms with Crippen molar-refractivity contribution in [3.05, 3.63) is 71.8 Å². The fraction of sp³-hybridized carbons (Fsp3) is 0.516. The lowest BCUT2D eigenvalue weighted by Crippen LogP contribution is -2.58. The number of ether oxygens (including phenoxy) is 1. The minimum absolute atomic E-state index is 0.00186. The molecule has 3 rings (SSSR count). The molecule has 1 aliphatic carbocycles. The SMILES string of the molecule is CC(=O)N[C@@H]1C[C@H](NC(C)(C)C)CC[C@@H]1NCC[C@@H](Cc1ccccc1)NC(=O)OCc1ccccc1.O=C=O. The van der Waals surface area contributed by atoms with Crippen molar-refractivity contribution in [1.29, 1.82) is 0 Å². The number of amides is 2. The van der Waals surface area contributed by atoms with Crippen LogP contribution in [0.3, 0.4) is 0 Å². The van der Waals surface area contributed by atoms with Crippen molar-refractivity contribution in [2.24, 2.45) is 0 Å². The van der Waals surface area contributed by atoms with Gasteiger partial charge in [-0.3, -0.25) is 4.79 Å². The number of rotatable bonds is 11. The molecule has 0 radical (unpaired) electrons. The average Bonchev–Trinajstić information content (AvgIpc) is 2.89. The van der Waals surface area contributed by atoms with Crippen LogP contribution in [0.15, 0.2) is 60.7 Å². The Morgan fingerprint density at radius 1 is 0.950 bits per heavy atom. The highest BCUT2D eigenvalue weighted by molar-refractivity contribution is 5.73. The minimum Gasteiger partial charge on any atom is -0.445 e. The second-order valence-electron chi connectivity index (χ2n) is 11.2. The molecule has 2 aromatic carbocycles. The summed E-state index contributed by atoms with van der Waals surface area (Å²) in [5.74, 6) is -0.00186. The van der Waals surface area contributed by atoms with Crippen molar-refractivity contribution < 1.29 is 23.9 Å². The van der Waals surface area contributed by atoms with Gasteiger partial charge in [0.2, 0.25) is 5.91 Å². The summed E-state index contributed by atoms with van der Waals surface area (Å²) >= 11 is 0. The largest absolute Gasteiger partial charge is 0.445 e. The zero-order valence-corrected chi connectivity index (χ0v) is 24.1. The minimum atomic E-state index is -0.408. The highest BCUT2D eigenvalue weighted by Crippen LogP contribution is 2.22. The van der Waals surface area contributed by atoms with Crippen molar-refractivity contribution in [1.82, 2.24) is 21.3 Å². The quantitative estimate of drug-likeness (QED) is 0.335. The lowest BCUT2D eigenvalue weighted by atomic mass is 9.85. The van der Waals surface area contributed by atoms with Gasteiger partial charge in [0, 0.05) is 36.6 Å². The third-order valence-electron chi connectivity index (χ3n) is 6.64. The standard InChI is InChI=1S/C30H44N4O3.CO2/c1-22(35)32-28-20-26(34-30(2,3)4)15-16-27(28)31-18-17-25(19-23-11-7-5-8-12-23)33-29(36)37-21-24-13-9-6-10-14-24;2-1-3/h5-14,25-28,31,34H,15-21H2,1-4H3,(H,32,35)(H,33,36);/t25-,26+,27-,28+;/m0./s1. The Bertz CT molecular complexity index is 1050. The molecule has 0 aliphatic heterocycles. The second-order valence-corrected chi connectivity index (χ2v) is 11.2. The maximum absolute atomic E-state index is 12.6. The van der Waals surface area contributed by atoms with E-state index in [1.807, 2.05) is 48.5 Å². The Labute approximate surface area is 237 Å². The molecule has 4 N–H and O–H groups in total. The predicted octanol–water partition coefficient (Wildman–Crippen LogP) is 3.73. The fourth-order valence-corrected chi connectivity index (χ4v) is 5.08. The number of carbonyl (C=O) groups excluding carboxylic acids is 4. The van der Waals surface area contributed by atoms with E-state index in [1.165, 1.54) is 5.56 Å². The van der Waals surface area contributed by atoms with Gasteiger partial charge < -0.3 is 26.0 Å². The van der Waals surface area contributed by atoms with Crippen LogP contribution in [0.5, 0.6) is 0 Å². The van der Waals surface area contributed by atoms with Gasteiger partial charge in [-0.2, -0.15) is 9.59 Å². The summed E-state index contributed by atoms with van der Waals surface area (Å²) in [4.78, 5) is 40.7. The Morgan fingerprint density at radius 3 is 2.12 bits per heavy atom. The van der Waals surface area contributed by atoms with Crippen LogP contribution < -0.4 is 21.3 Å². The smallest absolute Gasteiger partial charge is 0.407 e. The van der Waals surface area contributed by atoms with Crippen molar-refractivity contribution in [3.63, 3.8) is 0 Å². The van der Waals surface area contributed by atoms with E-state index in [0.717, 1.165) is 44.2 Å². The third-order valence-corrected chi connectivity index (χ3v) is 6.64. The topological polar surface area (TPSA) is 126 Å². The Kier molecular flexibility index (Phi) is 14.1. The first-order chi connectivity index (χ1) is 19.1. The van der Waals surface area contributed by atoms with Crippen molar-refractivity contribution in [2.75, 3.05) is 6.54 Å². The first-order valence-corrected chi connectivity index (χ1v) is 13.9. The molecule has 218 valence electrons. The number of hydrogen-bond donors (Lipinski definition) is 4. The van der Waals surface area contributed by atoms with E-state index in [4.69, 9.17) is 14.3 Å². The van der Waals surface area contributed by atoms with Gasteiger partial charge in [0.1, 0.15) is 6.61 Å². The molecule has 2 amide bonds. The van der Waals surface area contributed by atoms with Gasteiger partial charge in [-0.1, -0.05) is 60.7 Å². The maximum atomic E-state index is 12.6. The molecule has 9 heteroatoms. The zero-order valence-electron chi connectivity index (χ0n) is 24.1. The number of alkyl carbamates (subject to hydrolysis) is 1. The summed E-state index contributed by atoms with van der Waals surface area (Å²) in [7, 11) is 0. The van der Waals surface area contributed by atoms with Gasteiger partial charge in [0.25, 0.3) is 0 Å². The lowest BCUT2D eigenvalue weighted by Gasteiger charge is -2.40. The maximum Gasteiger partial charge on any atom is 0.407 e. The number of benzene rings is 2. The summed E-state index contributed by atoms with van der Waals surface area (Å²) in [5, 5.41) is 13.6. The summed E-state index contributed by atoms with van der Waals surface area (Å²) in [5.41, 5.74) is 2.16. The van der Waals surface area contributed by atoms with Crippen LogP contribution in [0.1, 0.15) is 64.5 Å². The highest BCUT2D eigenvalue weighted by atomic mass is 16.5. The third kappa shape index (κ3) is 13.5. The summed E-state index contributed by atoms with van der Waals surface area (Å²) < 4.78 is 5.48. The van der Waals surface area contributed by atoms with Crippen molar-refractivity contribution >= 4 is 18.2 Å². The van der Waals surface area contributed by atoms with Crippen LogP contribution in [0.2, 0.25) is 0 Å². The molecular formula is C31H44N4O5. The van der Waals surface area contributed by atoms with Gasteiger partial charge in [-0.15, -0.1) is 0 Å². The summed E-state index contributed by atoms with van der Waals surface area (Å²) in [6.07, 6.45) is 4.25. The molecule has 0 aromatic heterocycles. The van der Waals surface area contributed by atoms with E-state index < -0.39 is 6.09 Å². The van der Waals surface area contributed by atoms with E-state index in [9.17, 15) is 9.59 Å². The highest BCUT2D eigenvalue weighted by Gasteiger charge is 2.32. The van der Waals surface area contributed by atoms with Crippen LogP contribution in [0.25, 0.3) is 0 Å². The molecule has 0 spiro atoms. The van der Waals surface area contributed by atoms with Crippen LogP contribution in [0.4, 0.5) is 4.79 Å². The Hall–Kier alpha value is -3.52. The Balaban J connectivity index is 0.00000178. The van der Waals surface area contributed by atoms with Crippen LogP contribution in [-0.2, 0) is 32.1 Å². The Morgan fingerprint density at radius 2 is 1.55 bits per heavy atom. The average molecular weight is 553 g/mol. The van der Waals surface area contributed by atoms with Gasteiger partial charge in [-0.25, -0.2) is 4.79 Å². The predicted molar refractivity (Wildman–Crippen MR) is 153 cm³/mol. The number of hydrogen-bond acceptors (Lipinski definition) is 7. The normalized spacial score (nSPS) is 19.2. The van der Waals surface area contributed by atoms with Gasteiger partial charge in [-0.05, 0) is 70.5 Å². The molecule has 4 atom stereocenters. The summed E-state index contributed by atoms with van der Waals surface area (Å²) in [6.45, 7) is 9.08. The number of carbonyl (C=O) groups is 2. The molecule has 0 saturated heterocycles. The molecule has 1 fully saturated rings. The lowest BCUT2D eigenvalue weighted by molar-refractivity contribution is -0.191. The fourth-order valence-electron chi connectivity index (χ4n) is 5.08. The van der Waals surface area contributed by atoms with Crippen molar-refractivity contribution in [2.45, 2.75) is 96.1 Å². The zero-order chi connectivity index (χ0) is 29.4. The van der Waals surface area contributed by atoms with E-state index in [-0.39, 0.29) is 42.3 Å².